The Morgan fingerprint density at radius 3 is 2.73 bits per heavy atom. The Balaban J connectivity index is 1.82. The fraction of sp³-hybridized carbons (Fsp3) is 0.900. The minimum absolute atomic E-state index is 0.0787. The third kappa shape index (κ3) is 1.93. The molecule has 2 rings (SSSR count). The molecule has 0 aromatic carbocycles. The third-order valence-corrected chi connectivity index (χ3v) is 2.86. The molecule has 2 N–H and O–H groups in total. The molecule has 1 saturated carbocycles. The van der Waals surface area contributed by atoms with Crippen molar-refractivity contribution in [3.63, 3.8) is 0 Å². The fourth-order valence-corrected chi connectivity index (χ4v) is 2.09. The molecule has 0 spiro atoms. The molecule has 3 unspecified atom stereocenters. The van der Waals surface area contributed by atoms with Crippen molar-refractivity contribution in [1.29, 1.82) is 0 Å². The van der Waals surface area contributed by atoms with Crippen LogP contribution >= 0.6 is 0 Å². The Morgan fingerprint density at radius 1 is 1.60 bits per heavy atom. The molecule has 1 aliphatic heterocycles. The lowest BCUT2D eigenvalue weighted by Crippen LogP contribution is -2.39. The van der Waals surface area contributed by atoms with Crippen molar-refractivity contribution in [2.24, 2.45) is 5.92 Å². The van der Waals surface area contributed by atoms with Gasteiger partial charge >= 0.3 is 6.09 Å². The highest BCUT2D eigenvalue weighted by atomic mass is 19.1. The number of alkyl carbamates (subject to hydrolysis) is 1. The van der Waals surface area contributed by atoms with E-state index in [-0.39, 0.29) is 12.0 Å². The van der Waals surface area contributed by atoms with Gasteiger partial charge in [0.05, 0.1) is 6.04 Å². The van der Waals surface area contributed by atoms with Crippen LogP contribution < -0.4 is 10.6 Å². The number of nitrogens with one attached hydrogen (secondary N) is 2. The molecule has 15 heavy (non-hydrogen) atoms. The van der Waals surface area contributed by atoms with Gasteiger partial charge in [-0.25, -0.2) is 9.18 Å². The van der Waals surface area contributed by atoms with E-state index in [4.69, 9.17) is 4.74 Å². The predicted molar refractivity (Wildman–Crippen MR) is 53.4 cm³/mol. The first-order valence-electron chi connectivity index (χ1n) is 5.22. The van der Waals surface area contributed by atoms with Gasteiger partial charge in [0.15, 0.2) is 0 Å². The highest BCUT2D eigenvalue weighted by Gasteiger charge is 2.69. The van der Waals surface area contributed by atoms with Crippen LogP contribution in [0, 0.1) is 5.92 Å². The van der Waals surface area contributed by atoms with Gasteiger partial charge in [-0.15, -0.1) is 0 Å². The van der Waals surface area contributed by atoms with Gasteiger partial charge in [-0.1, -0.05) is 0 Å². The number of fused-ring (bicyclic) bond motifs is 1. The van der Waals surface area contributed by atoms with Gasteiger partial charge in [-0.2, -0.15) is 0 Å². The molecule has 1 saturated heterocycles. The monoisotopic (exact) mass is 216 g/mol. The lowest BCUT2D eigenvalue weighted by Gasteiger charge is -2.20. The molecule has 2 aliphatic rings. The minimum atomic E-state index is -1.24. The molecule has 0 aromatic heterocycles. The fourth-order valence-electron chi connectivity index (χ4n) is 2.09. The summed E-state index contributed by atoms with van der Waals surface area (Å²) in [7, 11) is 0. The number of amides is 1. The van der Waals surface area contributed by atoms with Crippen LogP contribution in [0.2, 0.25) is 0 Å². The minimum Gasteiger partial charge on any atom is -0.444 e. The summed E-state index contributed by atoms with van der Waals surface area (Å²) < 4.78 is 18.9. The van der Waals surface area contributed by atoms with Crippen molar-refractivity contribution in [2.45, 2.75) is 38.1 Å². The maximum atomic E-state index is 13.8. The third-order valence-electron chi connectivity index (χ3n) is 2.86. The molecule has 0 bridgehead atoms. The van der Waals surface area contributed by atoms with Crippen molar-refractivity contribution in [3.05, 3.63) is 0 Å². The van der Waals surface area contributed by atoms with E-state index in [1.165, 1.54) is 0 Å². The van der Waals surface area contributed by atoms with Gasteiger partial charge in [0.2, 0.25) is 0 Å². The Hall–Kier alpha value is -0.840. The number of rotatable bonds is 1. The van der Waals surface area contributed by atoms with Crippen molar-refractivity contribution >= 4 is 6.09 Å². The molecule has 2 fully saturated rings. The summed E-state index contributed by atoms with van der Waals surface area (Å²) >= 11 is 0. The highest BCUT2D eigenvalue weighted by Crippen LogP contribution is 2.49. The highest BCUT2D eigenvalue weighted by molar-refractivity contribution is 5.69. The summed E-state index contributed by atoms with van der Waals surface area (Å²) in [5.74, 6) is -0.0787. The van der Waals surface area contributed by atoms with Crippen molar-refractivity contribution in [1.82, 2.24) is 10.6 Å². The summed E-state index contributed by atoms with van der Waals surface area (Å²) in [4.78, 5) is 11.4. The van der Waals surface area contributed by atoms with Crippen LogP contribution in [0.4, 0.5) is 9.18 Å². The molecule has 5 heteroatoms. The van der Waals surface area contributed by atoms with E-state index in [2.05, 4.69) is 10.6 Å². The number of hydrogen-bond donors (Lipinski definition) is 2. The number of hydrogen-bond acceptors (Lipinski definition) is 3. The zero-order chi connectivity index (χ0) is 11.3. The normalized spacial score (nSPS) is 38.4. The standard InChI is InChI=1S/C10H17FN2O2/c1-9(2,3)15-8(14)13-7-6-4-12-5-10(6,7)11/h6-7,12H,4-5H2,1-3H3,(H,13,14). The summed E-state index contributed by atoms with van der Waals surface area (Å²) in [5, 5.41) is 5.52. The second kappa shape index (κ2) is 3.07. The molecule has 1 heterocycles. The maximum absolute atomic E-state index is 13.8. The van der Waals surface area contributed by atoms with Gasteiger partial charge in [0, 0.05) is 19.0 Å². The second-order valence-electron chi connectivity index (χ2n) is 5.29. The smallest absolute Gasteiger partial charge is 0.407 e. The zero-order valence-corrected chi connectivity index (χ0v) is 9.26. The first-order chi connectivity index (χ1) is 6.83. The van der Waals surface area contributed by atoms with Crippen LogP contribution in [0.25, 0.3) is 0 Å². The first kappa shape index (κ1) is 10.7. The molecule has 0 aromatic rings. The first-order valence-corrected chi connectivity index (χ1v) is 5.22. The van der Waals surface area contributed by atoms with Gasteiger partial charge in [-0.05, 0) is 20.8 Å². The van der Waals surface area contributed by atoms with E-state index in [0.29, 0.717) is 13.1 Å². The molecule has 1 aliphatic carbocycles. The number of halogens is 1. The number of carbonyl (C=O) groups is 1. The molecular weight excluding hydrogens is 199 g/mol. The van der Waals surface area contributed by atoms with E-state index in [1.54, 1.807) is 20.8 Å². The zero-order valence-electron chi connectivity index (χ0n) is 9.26. The molecular formula is C10H17FN2O2. The lowest BCUT2D eigenvalue weighted by molar-refractivity contribution is 0.0509. The van der Waals surface area contributed by atoms with Crippen LogP contribution in [0.1, 0.15) is 20.8 Å². The summed E-state index contributed by atoms with van der Waals surface area (Å²) in [6, 6.07) is -0.367. The number of ether oxygens (including phenoxy) is 1. The molecule has 86 valence electrons. The summed E-state index contributed by atoms with van der Waals surface area (Å²) in [6.45, 7) is 6.32. The summed E-state index contributed by atoms with van der Waals surface area (Å²) in [5.41, 5.74) is -1.77. The van der Waals surface area contributed by atoms with E-state index < -0.39 is 17.4 Å². The Kier molecular flexibility index (Phi) is 2.19. The van der Waals surface area contributed by atoms with Gasteiger partial charge in [0.25, 0.3) is 0 Å². The van der Waals surface area contributed by atoms with Crippen LogP contribution in [-0.2, 0) is 4.74 Å². The average molecular weight is 216 g/mol. The van der Waals surface area contributed by atoms with Crippen molar-refractivity contribution in [2.75, 3.05) is 13.1 Å². The van der Waals surface area contributed by atoms with E-state index in [1.807, 2.05) is 0 Å². The van der Waals surface area contributed by atoms with Crippen molar-refractivity contribution in [3.8, 4) is 0 Å². The molecule has 4 nitrogen and oxygen atoms in total. The van der Waals surface area contributed by atoms with E-state index in [9.17, 15) is 9.18 Å². The molecule has 0 radical (unpaired) electrons. The van der Waals surface area contributed by atoms with Crippen molar-refractivity contribution < 1.29 is 13.9 Å². The quantitative estimate of drug-likeness (QED) is 0.682. The second-order valence-corrected chi connectivity index (χ2v) is 5.29. The number of carbonyl (C=O) groups excluding carboxylic acids is 1. The van der Waals surface area contributed by atoms with E-state index >= 15 is 0 Å². The lowest BCUT2D eigenvalue weighted by atomic mass is 10.2. The van der Waals surface area contributed by atoms with Crippen LogP contribution in [0.3, 0.4) is 0 Å². The maximum Gasteiger partial charge on any atom is 0.407 e. The number of alkyl halides is 1. The Bertz CT molecular complexity index is 290. The van der Waals surface area contributed by atoms with E-state index in [0.717, 1.165) is 0 Å². The molecule has 3 atom stereocenters. The predicted octanol–water partition coefficient (Wildman–Crippen LogP) is 0.821. The SMILES string of the molecule is CC(C)(C)OC(=O)NC1C2CNCC21F. The molecule has 1 amide bonds. The van der Waals surface area contributed by atoms with Crippen LogP contribution in [0.15, 0.2) is 0 Å². The van der Waals surface area contributed by atoms with Crippen LogP contribution in [-0.4, -0.2) is 36.5 Å². The Labute approximate surface area is 88.6 Å². The Morgan fingerprint density at radius 2 is 2.27 bits per heavy atom. The largest absolute Gasteiger partial charge is 0.444 e. The topological polar surface area (TPSA) is 50.4 Å². The summed E-state index contributed by atoms with van der Waals surface area (Å²) in [6.07, 6.45) is -0.529. The number of piperidine rings is 1. The van der Waals surface area contributed by atoms with Gasteiger partial charge in [-0.3, -0.25) is 0 Å². The van der Waals surface area contributed by atoms with Crippen LogP contribution in [0.5, 0.6) is 0 Å². The average Bonchev–Trinajstić information content (AvgIpc) is 2.45. The van der Waals surface area contributed by atoms with Gasteiger partial charge in [0.1, 0.15) is 11.3 Å². The van der Waals surface area contributed by atoms with Gasteiger partial charge < -0.3 is 15.4 Å².